The maximum atomic E-state index is 9.70. The van der Waals surface area contributed by atoms with Gasteiger partial charge in [-0.05, 0) is 18.6 Å². The lowest BCUT2D eigenvalue weighted by molar-refractivity contribution is -0.149. The lowest BCUT2D eigenvalue weighted by atomic mass is 10.0. The van der Waals surface area contributed by atoms with E-state index in [1.807, 2.05) is 6.92 Å². The number of hydrogen-bond donors (Lipinski definition) is 2. The molecule has 1 aliphatic heterocycles. The molecule has 4 heteroatoms. The van der Waals surface area contributed by atoms with E-state index in [0.717, 1.165) is 5.56 Å². The molecule has 0 saturated heterocycles. The quantitative estimate of drug-likeness (QED) is 0.766. The number of aromatic hydroxyl groups is 1. The summed E-state index contributed by atoms with van der Waals surface area (Å²) in [6, 6.07) is 4.86. The van der Waals surface area contributed by atoms with Gasteiger partial charge in [0.15, 0.2) is 0 Å². The highest BCUT2D eigenvalue weighted by Crippen LogP contribution is 2.31. The summed E-state index contributed by atoms with van der Waals surface area (Å²) in [6.45, 7) is 2.32. The molecule has 0 amide bonds. The first-order chi connectivity index (χ1) is 7.20. The number of ether oxygens (including phenoxy) is 2. The Morgan fingerprint density at radius 1 is 1.53 bits per heavy atom. The van der Waals surface area contributed by atoms with E-state index in [1.54, 1.807) is 12.1 Å². The lowest BCUT2D eigenvalue weighted by Gasteiger charge is -2.29. The third-order valence-electron chi connectivity index (χ3n) is 2.37. The van der Waals surface area contributed by atoms with Crippen molar-refractivity contribution in [2.45, 2.75) is 25.7 Å². The van der Waals surface area contributed by atoms with Gasteiger partial charge >= 0.3 is 0 Å². The molecule has 15 heavy (non-hydrogen) atoms. The van der Waals surface area contributed by atoms with Gasteiger partial charge in [-0.25, -0.2) is 0 Å². The standard InChI is InChI=1S/C11H14O4/c1-2-14-11-9(13)5-7-3-4-8(12)6-10(7)15-11/h3-4,6,9,11-13H,2,5H2,1H3. The molecule has 2 atom stereocenters. The van der Waals surface area contributed by atoms with Crippen molar-refractivity contribution in [3.8, 4) is 11.5 Å². The molecule has 1 aromatic carbocycles. The number of benzene rings is 1. The summed E-state index contributed by atoms with van der Waals surface area (Å²) in [5.41, 5.74) is 0.885. The third-order valence-corrected chi connectivity index (χ3v) is 2.37. The van der Waals surface area contributed by atoms with Gasteiger partial charge in [-0.15, -0.1) is 0 Å². The van der Waals surface area contributed by atoms with E-state index in [1.165, 1.54) is 6.07 Å². The van der Waals surface area contributed by atoms with Crippen LogP contribution in [0, 0.1) is 0 Å². The van der Waals surface area contributed by atoms with Gasteiger partial charge in [0, 0.05) is 19.1 Å². The van der Waals surface area contributed by atoms with Gasteiger partial charge in [-0.1, -0.05) is 6.07 Å². The van der Waals surface area contributed by atoms with Crippen LogP contribution >= 0.6 is 0 Å². The molecule has 2 rings (SSSR count). The molecule has 2 N–H and O–H groups in total. The van der Waals surface area contributed by atoms with Crippen LogP contribution in [0.4, 0.5) is 0 Å². The summed E-state index contributed by atoms with van der Waals surface area (Å²) in [5.74, 6) is 0.735. The van der Waals surface area contributed by atoms with Crippen LogP contribution in [0.3, 0.4) is 0 Å². The van der Waals surface area contributed by atoms with Gasteiger partial charge in [0.05, 0.1) is 0 Å². The van der Waals surface area contributed by atoms with Crippen molar-refractivity contribution in [1.29, 1.82) is 0 Å². The maximum Gasteiger partial charge on any atom is 0.226 e. The monoisotopic (exact) mass is 210 g/mol. The molecule has 4 nitrogen and oxygen atoms in total. The molecule has 82 valence electrons. The molecule has 0 fully saturated rings. The molecule has 0 spiro atoms. The van der Waals surface area contributed by atoms with E-state index in [9.17, 15) is 10.2 Å². The van der Waals surface area contributed by atoms with Crippen LogP contribution in [0.1, 0.15) is 12.5 Å². The summed E-state index contributed by atoms with van der Waals surface area (Å²) >= 11 is 0. The van der Waals surface area contributed by atoms with E-state index in [2.05, 4.69) is 0 Å². The van der Waals surface area contributed by atoms with E-state index >= 15 is 0 Å². The molecule has 0 bridgehead atoms. The lowest BCUT2D eigenvalue weighted by Crippen LogP contribution is -2.39. The molecular weight excluding hydrogens is 196 g/mol. The van der Waals surface area contributed by atoms with Gasteiger partial charge in [0.2, 0.25) is 6.29 Å². The van der Waals surface area contributed by atoms with Crippen molar-refractivity contribution in [3.05, 3.63) is 23.8 Å². The highest BCUT2D eigenvalue weighted by molar-refractivity contribution is 5.41. The summed E-state index contributed by atoms with van der Waals surface area (Å²) in [4.78, 5) is 0. The van der Waals surface area contributed by atoms with Crippen LogP contribution in [0.2, 0.25) is 0 Å². The van der Waals surface area contributed by atoms with E-state index in [-0.39, 0.29) is 5.75 Å². The molecule has 0 radical (unpaired) electrons. The molecule has 2 unspecified atom stereocenters. The van der Waals surface area contributed by atoms with E-state index < -0.39 is 12.4 Å². The van der Waals surface area contributed by atoms with Gasteiger partial charge < -0.3 is 19.7 Å². The number of aliphatic hydroxyl groups excluding tert-OH is 1. The minimum atomic E-state index is -0.651. The largest absolute Gasteiger partial charge is 0.508 e. The molecule has 0 aliphatic carbocycles. The van der Waals surface area contributed by atoms with Gasteiger partial charge in [0.1, 0.15) is 17.6 Å². The second kappa shape index (κ2) is 4.08. The summed E-state index contributed by atoms with van der Waals surface area (Å²) < 4.78 is 10.7. The van der Waals surface area contributed by atoms with Crippen molar-refractivity contribution < 1.29 is 19.7 Å². The Kier molecular flexibility index (Phi) is 2.79. The number of phenols is 1. The zero-order chi connectivity index (χ0) is 10.8. The Hall–Kier alpha value is -1.26. The van der Waals surface area contributed by atoms with E-state index in [4.69, 9.17) is 9.47 Å². The second-order valence-electron chi connectivity index (χ2n) is 3.51. The molecule has 1 aromatic rings. The highest BCUT2D eigenvalue weighted by Gasteiger charge is 2.28. The minimum Gasteiger partial charge on any atom is -0.508 e. The summed E-state index contributed by atoms with van der Waals surface area (Å²) in [5, 5.41) is 19.0. The van der Waals surface area contributed by atoms with Crippen LogP contribution in [0.5, 0.6) is 11.5 Å². The normalized spacial score (nSPS) is 24.4. The predicted octanol–water partition coefficient (Wildman–Crippen LogP) is 1.05. The van der Waals surface area contributed by atoms with Crippen LogP contribution in [0.15, 0.2) is 18.2 Å². The first-order valence-corrected chi connectivity index (χ1v) is 4.99. The number of hydrogen-bond acceptors (Lipinski definition) is 4. The highest BCUT2D eigenvalue weighted by atomic mass is 16.7. The van der Waals surface area contributed by atoms with Crippen molar-refractivity contribution >= 4 is 0 Å². The smallest absolute Gasteiger partial charge is 0.226 e. The Morgan fingerprint density at radius 3 is 3.07 bits per heavy atom. The number of phenolic OH excluding ortho intramolecular Hbond substituents is 1. The zero-order valence-electron chi connectivity index (χ0n) is 8.51. The number of fused-ring (bicyclic) bond motifs is 1. The number of aliphatic hydroxyl groups is 1. The van der Waals surface area contributed by atoms with Crippen molar-refractivity contribution in [2.24, 2.45) is 0 Å². The van der Waals surface area contributed by atoms with Crippen LogP contribution in [0.25, 0.3) is 0 Å². The third kappa shape index (κ3) is 2.06. The molecule has 0 aromatic heterocycles. The second-order valence-corrected chi connectivity index (χ2v) is 3.51. The van der Waals surface area contributed by atoms with Crippen molar-refractivity contribution in [3.63, 3.8) is 0 Å². The fourth-order valence-electron chi connectivity index (χ4n) is 1.66. The van der Waals surface area contributed by atoms with Gasteiger partial charge in [-0.2, -0.15) is 0 Å². The first-order valence-electron chi connectivity index (χ1n) is 4.99. The Morgan fingerprint density at radius 2 is 2.33 bits per heavy atom. The van der Waals surface area contributed by atoms with Crippen LogP contribution in [-0.4, -0.2) is 29.2 Å². The predicted molar refractivity (Wildman–Crippen MR) is 53.9 cm³/mol. The zero-order valence-corrected chi connectivity index (χ0v) is 8.51. The Labute approximate surface area is 88.1 Å². The average molecular weight is 210 g/mol. The topological polar surface area (TPSA) is 58.9 Å². The van der Waals surface area contributed by atoms with Crippen molar-refractivity contribution in [2.75, 3.05) is 6.61 Å². The fourth-order valence-corrected chi connectivity index (χ4v) is 1.66. The van der Waals surface area contributed by atoms with Gasteiger partial charge in [-0.3, -0.25) is 0 Å². The summed E-state index contributed by atoms with van der Waals surface area (Å²) in [6.07, 6.45) is -0.799. The molecular formula is C11H14O4. The fraction of sp³-hybridized carbons (Fsp3) is 0.455. The summed E-state index contributed by atoms with van der Waals surface area (Å²) in [7, 11) is 0. The SMILES string of the molecule is CCOC1Oc2cc(O)ccc2CC1O. The van der Waals surface area contributed by atoms with Crippen LogP contribution in [-0.2, 0) is 11.2 Å². The first kappa shape index (κ1) is 10.3. The van der Waals surface area contributed by atoms with Crippen molar-refractivity contribution in [1.82, 2.24) is 0 Å². The molecule has 1 heterocycles. The molecule has 0 saturated carbocycles. The molecule has 1 aliphatic rings. The van der Waals surface area contributed by atoms with Gasteiger partial charge in [0.25, 0.3) is 0 Å². The Balaban J connectivity index is 2.22. The average Bonchev–Trinajstić information content (AvgIpc) is 2.20. The number of rotatable bonds is 2. The van der Waals surface area contributed by atoms with E-state index in [0.29, 0.717) is 18.8 Å². The Bertz CT molecular complexity index is 350. The maximum absolute atomic E-state index is 9.70. The van der Waals surface area contributed by atoms with Crippen LogP contribution < -0.4 is 4.74 Å². The minimum absolute atomic E-state index is 0.153.